The smallest absolute Gasteiger partial charge is 0.264 e. The normalized spacial score (nSPS) is 17.5. The van der Waals surface area contributed by atoms with Crippen molar-refractivity contribution in [1.82, 2.24) is 10.2 Å². The molecule has 3 aromatic rings. The maximum Gasteiger partial charge on any atom is 0.264 e. The van der Waals surface area contributed by atoms with Crippen LogP contribution in [-0.2, 0) is 29.2 Å². The van der Waals surface area contributed by atoms with Gasteiger partial charge in [-0.1, -0.05) is 54.6 Å². The van der Waals surface area contributed by atoms with Gasteiger partial charge in [-0.15, -0.1) is 0 Å². The van der Waals surface area contributed by atoms with Gasteiger partial charge in [0.2, 0.25) is 6.10 Å². The summed E-state index contributed by atoms with van der Waals surface area (Å²) in [6.07, 6.45) is -0.715. The van der Waals surface area contributed by atoms with Gasteiger partial charge in [-0.3, -0.25) is 9.69 Å². The summed E-state index contributed by atoms with van der Waals surface area (Å²) >= 11 is 0. The summed E-state index contributed by atoms with van der Waals surface area (Å²) in [5, 5.41) is 2.96. The van der Waals surface area contributed by atoms with Crippen LogP contribution < -0.4 is 19.5 Å². The van der Waals surface area contributed by atoms with Gasteiger partial charge < -0.3 is 24.3 Å². The van der Waals surface area contributed by atoms with Crippen LogP contribution in [0, 0.1) is 0 Å². The number of rotatable bonds is 8. The monoisotopic (exact) mass is 474 g/mol. The zero-order valence-electron chi connectivity index (χ0n) is 19.7. The minimum absolute atomic E-state index is 0.168. The highest BCUT2D eigenvalue weighted by atomic mass is 16.6. The highest BCUT2D eigenvalue weighted by Crippen LogP contribution is 2.35. The molecule has 5 rings (SSSR count). The third-order valence-corrected chi connectivity index (χ3v) is 6.11. The van der Waals surface area contributed by atoms with E-state index in [1.807, 2.05) is 42.5 Å². The van der Waals surface area contributed by atoms with Crippen LogP contribution in [0.4, 0.5) is 0 Å². The number of nitrogens with zero attached hydrogens (tertiary/aromatic N) is 1. The summed E-state index contributed by atoms with van der Waals surface area (Å²) in [5.41, 5.74) is 3.37. The van der Waals surface area contributed by atoms with Crippen molar-refractivity contribution in [2.75, 3.05) is 32.9 Å². The molecule has 0 aliphatic carbocycles. The van der Waals surface area contributed by atoms with E-state index in [0.29, 0.717) is 30.4 Å². The molecule has 0 aromatic heterocycles. The molecule has 2 heterocycles. The van der Waals surface area contributed by atoms with Gasteiger partial charge in [0, 0.05) is 32.2 Å². The van der Waals surface area contributed by atoms with Crippen molar-refractivity contribution in [2.45, 2.75) is 25.8 Å². The molecule has 0 spiro atoms. The van der Waals surface area contributed by atoms with E-state index < -0.39 is 6.10 Å². The molecule has 2 aliphatic rings. The maximum atomic E-state index is 12.7. The average molecular weight is 475 g/mol. The first-order valence-corrected chi connectivity index (χ1v) is 12.0. The standard InChI is InChI=1S/C28H30N2O5/c31-28(29-17-21-6-8-22(9-7-21)18-30-12-14-32-15-13-30)27-20-34-25-11-10-24(16-26(25)35-27)33-19-23-4-2-1-3-5-23/h1-11,16,27H,12-15,17-20H2,(H,29,31). The van der Waals surface area contributed by atoms with Crippen LogP contribution in [0.3, 0.4) is 0 Å². The lowest BCUT2D eigenvalue weighted by atomic mass is 10.1. The molecule has 7 heteroatoms. The van der Waals surface area contributed by atoms with E-state index in [1.165, 1.54) is 5.56 Å². The van der Waals surface area contributed by atoms with Gasteiger partial charge in [-0.25, -0.2) is 0 Å². The van der Waals surface area contributed by atoms with Gasteiger partial charge >= 0.3 is 0 Å². The van der Waals surface area contributed by atoms with Gasteiger partial charge in [0.15, 0.2) is 11.5 Å². The van der Waals surface area contributed by atoms with Crippen molar-refractivity contribution in [3.8, 4) is 17.2 Å². The molecule has 7 nitrogen and oxygen atoms in total. The summed E-state index contributed by atoms with van der Waals surface area (Å²) in [6, 6.07) is 23.7. The molecule has 182 valence electrons. The van der Waals surface area contributed by atoms with Crippen molar-refractivity contribution in [3.05, 3.63) is 89.5 Å². The Bertz CT molecular complexity index is 1110. The van der Waals surface area contributed by atoms with Gasteiger partial charge in [-0.05, 0) is 28.8 Å². The first kappa shape index (κ1) is 23.2. The molecular formula is C28H30N2O5. The summed E-state index contributed by atoms with van der Waals surface area (Å²) in [6.45, 7) is 5.49. The van der Waals surface area contributed by atoms with E-state index in [2.05, 4.69) is 34.5 Å². The molecule has 1 fully saturated rings. The fourth-order valence-corrected chi connectivity index (χ4v) is 4.10. The Morgan fingerprint density at radius 1 is 0.914 bits per heavy atom. The molecule has 0 radical (unpaired) electrons. The molecule has 1 atom stereocenters. The van der Waals surface area contributed by atoms with E-state index in [1.54, 1.807) is 6.07 Å². The highest BCUT2D eigenvalue weighted by molar-refractivity contribution is 5.81. The number of fused-ring (bicyclic) bond motifs is 1. The number of amides is 1. The Morgan fingerprint density at radius 2 is 1.69 bits per heavy atom. The first-order valence-electron chi connectivity index (χ1n) is 12.0. The van der Waals surface area contributed by atoms with Crippen molar-refractivity contribution in [1.29, 1.82) is 0 Å². The lowest BCUT2D eigenvalue weighted by molar-refractivity contribution is -0.130. The molecule has 1 unspecified atom stereocenters. The third-order valence-electron chi connectivity index (χ3n) is 6.11. The number of carbonyl (C=O) groups excluding carboxylic acids is 1. The lowest BCUT2D eigenvalue weighted by Crippen LogP contribution is -2.43. The van der Waals surface area contributed by atoms with Crippen molar-refractivity contribution < 1.29 is 23.7 Å². The number of morpholine rings is 1. The predicted octanol–water partition coefficient (Wildman–Crippen LogP) is 3.55. The van der Waals surface area contributed by atoms with Crippen LogP contribution in [-0.4, -0.2) is 49.8 Å². The molecule has 1 N–H and O–H groups in total. The van der Waals surface area contributed by atoms with Gasteiger partial charge in [0.25, 0.3) is 5.91 Å². The fourth-order valence-electron chi connectivity index (χ4n) is 4.10. The Hall–Kier alpha value is -3.55. The number of hydrogen-bond acceptors (Lipinski definition) is 6. The van der Waals surface area contributed by atoms with Crippen LogP contribution in [0.15, 0.2) is 72.8 Å². The van der Waals surface area contributed by atoms with Gasteiger partial charge in [0.05, 0.1) is 13.2 Å². The van der Waals surface area contributed by atoms with Gasteiger partial charge in [0.1, 0.15) is 19.0 Å². The van der Waals surface area contributed by atoms with Crippen LogP contribution in [0.2, 0.25) is 0 Å². The average Bonchev–Trinajstić information content (AvgIpc) is 2.92. The number of benzene rings is 3. The molecule has 1 amide bonds. The quantitative estimate of drug-likeness (QED) is 0.539. The molecule has 2 aliphatic heterocycles. The predicted molar refractivity (Wildman–Crippen MR) is 132 cm³/mol. The first-order chi connectivity index (χ1) is 17.2. The number of ether oxygens (including phenoxy) is 4. The second kappa shape index (κ2) is 11.3. The van der Waals surface area contributed by atoms with Gasteiger partial charge in [-0.2, -0.15) is 0 Å². The maximum absolute atomic E-state index is 12.7. The number of nitrogens with one attached hydrogen (secondary N) is 1. The van der Waals surface area contributed by atoms with Crippen molar-refractivity contribution in [3.63, 3.8) is 0 Å². The fraction of sp³-hybridized carbons (Fsp3) is 0.321. The Morgan fingerprint density at radius 3 is 2.49 bits per heavy atom. The molecule has 35 heavy (non-hydrogen) atoms. The largest absolute Gasteiger partial charge is 0.489 e. The minimum atomic E-state index is -0.715. The second-order valence-corrected chi connectivity index (χ2v) is 8.72. The molecule has 1 saturated heterocycles. The Labute approximate surface area is 205 Å². The Kier molecular flexibility index (Phi) is 7.46. The van der Waals surface area contributed by atoms with Crippen molar-refractivity contribution in [2.24, 2.45) is 0 Å². The summed E-state index contributed by atoms with van der Waals surface area (Å²) in [7, 11) is 0. The minimum Gasteiger partial charge on any atom is -0.489 e. The summed E-state index contributed by atoms with van der Waals surface area (Å²) < 4.78 is 23.0. The molecule has 3 aromatic carbocycles. The topological polar surface area (TPSA) is 69.3 Å². The zero-order chi connectivity index (χ0) is 23.9. The lowest BCUT2D eigenvalue weighted by Gasteiger charge is -2.26. The summed E-state index contributed by atoms with van der Waals surface area (Å²) in [4.78, 5) is 15.1. The van der Waals surface area contributed by atoms with Crippen LogP contribution in [0.25, 0.3) is 0 Å². The Balaban J connectivity index is 1.11. The van der Waals surface area contributed by atoms with E-state index in [9.17, 15) is 4.79 Å². The second-order valence-electron chi connectivity index (χ2n) is 8.72. The van der Waals surface area contributed by atoms with Crippen LogP contribution in [0.1, 0.15) is 16.7 Å². The van der Waals surface area contributed by atoms with Crippen LogP contribution >= 0.6 is 0 Å². The third kappa shape index (κ3) is 6.32. The van der Waals surface area contributed by atoms with E-state index in [4.69, 9.17) is 18.9 Å². The van der Waals surface area contributed by atoms with Crippen molar-refractivity contribution >= 4 is 5.91 Å². The van der Waals surface area contributed by atoms with E-state index >= 15 is 0 Å². The van der Waals surface area contributed by atoms with E-state index in [0.717, 1.165) is 44.0 Å². The SMILES string of the molecule is O=C(NCc1ccc(CN2CCOCC2)cc1)C1COc2ccc(OCc3ccccc3)cc2O1. The molecule has 0 bridgehead atoms. The number of hydrogen-bond donors (Lipinski definition) is 1. The van der Waals surface area contributed by atoms with E-state index in [-0.39, 0.29) is 12.5 Å². The zero-order valence-corrected chi connectivity index (χ0v) is 19.7. The summed E-state index contributed by atoms with van der Waals surface area (Å²) in [5.74, 6) is 1.57. The number of carbonyl (C=O) groups is 1. The molecule has 0 saturated carbocycles. The van der Waals surface area contributed by atoms with Crippen LogP contribution in [0.5, 0.6) is 17.2 Å². The highest BCUT2D eigenvalue weighted by Gasteiger charge is 2.27. The molecular weight excluding hydrogens is 444 g/mol.